The number of ether oxygens (including phenoxy) is 1. The van der Waals surface area contributed by atoms with Gasteiger partial charge in [-0.2, -0.15) is 0 Å². The Bertz CT molecular complexity index is 1110. The maximum absolute atomic E-state index is 13.0. The van der Waals surface area contributed by atoms with Crippen LogP contribution in [-0.4, -0.2) is 75.5 Å². The molecule has 0 bridgehead atoms. The van der Waals surface area contributed by atoms with Crippen molar-refractivity contribution < 1.29 is 22.7 Å². The van der Waals surface area contributed by atoms with Crippen LogP contribution in [0, 0.1) is 0 Å². The van der Waals surface area contributed by atoms with Crippen molar-refractivity contribution in [2.45, 2.75) is 23.8 Å². The minimum Gasteiger partial charge on any atom is -0.377 e. The second kappa shape index (κ2) is 10.2. The number of hydrogen-bond donors (Lipinski definition) is 1. The van der Waals surface area contributed by atoms with E-state index in [0.717, 1.165) is 12.8 Å². The fourth-order valence-corrected chi connectivity index (χ4v) is 5.58. The van der Waals surface area contributed by atoms with Gasteiger partial charge in [0.05, 0.1) is 11.1 Å². The monoisotopic (exact) mass is 491 g/mol. The summed E-state index contributed by atoms with van der Waals surface area (Å²) in [5, 5.41) is 0.0460. The first kappa shape index (κ1) is 23.7. The number of benzene rings is 2. The van der Waals surface area contributed by atoms with Crippen molar-refractivity contribution in [2.75, 3.05) is 39.3 Å². The predicted molar refractivity (Wildman–Crippen MR) is 124 cm³/mol. The van der Waals surface area contributed by atoms with E-state index in [1.165, 1.54) is 18.2 Å². The van der Waals surface area contributed by atoms with Gasteiger partial charge in [-0.1, -0.05) is 29.8 Å². The highest BCUT2D eigenvalue weighted by Crippen LogP contribution is 2.24. The highest BCUT2D eigenvalue weighted by molar-refractivity contribution is 7.89. The third kappa shape index (κ3) is 5.55. The molecule has 10 heteroatoms. The third-order valence-electron chi connectivity index (χ3n) is 5.87. The number of rotatable bonds is 6. The van der Waals surface area contributed by atoms with Crippen LogP contribution in [0.4, 0.5) is 0 Å². The zero-order valence-electron chi connectivity index (χ0n) is 18.1. The van der Waals surface area contributed by atoms with E-state index in [-0.39, 0.29) is 39.9 Å². The number of carbonyl (C=O) groups excluding carboxylic acids is 2. The lowest BCUT2D eigenvalue weighted by atomic mass is 10.1. The van der Waals surface area contributed by atoms with Gasteiger partial charge in [-0.15, -0.1) is 0 Å². The van der Waals surface area contributed by atoms with Gasteiger partial charge in [-0.25, -0.2) is 13.1 Å². The molecule has 0 spiro atoms. The van der Waals surface area contributed by atoms with Crippen LogP contribution in [0.2, 0.25) is 5.02 Å². The molecule has 0 saturated carbocycles. The van der Waals surface area contributed by atoms with Crippen LogP contribution in [0.1, 0.15) is 33.6 Å². The smallest absolute Gasteiger partial charge is 0.254 e. The molecule has 1 atom stereocenters. The van der Waals surface area contributed by atoms with Gasteiger partial charge in [0.1, 0.15) is 4.90 Å². The number of nitrogens with one attached hydrogen (secondary N) is 1. The van der Waals surface area contributed by atoms with Crippen molar-refractivity contribution in [3.8, 4) is 0 Å². The van der Waals surface area contributed by atoms with Gasteiger partial charge in [0, 0.05) is 50.5 Å². The van der Waals surface area contributed by atoms with Crippen LogP contribution in [0.3, 0.4) is 0 Å². The minimum atomic E-state index is -3.90. The Hall–Kier alpha value is -2.46. The van der Waals surface area contributed by atoms with Crippen molar-refractivity contribution in [3.63, 3.8) is 0 Å². The van der Waals surface area contributed by atoms with Crippen LogP contribution < -0.4 is 4.72 Å². The van der Waals surface area contributed by atoms with Gasteiger partial charge in [-0.3, -0.25) is 9.59 Å². The van der Waals surface area contributed by atoms with Crippen molar-refractivity contribution >= 4 is 33.4 Å². The van der Waals surface area contributed by atoms with E-state index in [1.807, 2.05) is 18.2 Å². The van der Waals surface area contributed by atoms with Gasteiger partial charge >= 0.3 is 0 Å². The molecule has 33 heavy (non-hydrogen) atoms. The molecule has 2 saturated heterocycles. The van der Waals surface area contributed by atoms with Crippen molar-refractivity contribution in [3.05, 3.63) is 64.7 Å². The topological polar surface area (TPSA) is 96.0 Å². The Labute approximate surface area is 198 Å². The van der Waals surface area contributed by atoms with Crippen molar-refractivity contribution in [2.24, 2.45) is 0 Å². The average molecular weight is 492 g/mol. The standard InChI is InChI=1S/C23H26ClN3O5S/c24-20-9-8-18(15-21(20)33(30,31)25-16-19-7-4-14-32-19)23(29)27-12-10-26(11-13-27)22(28)17-5-2-1-3-6-17/h1-3,5-6,8-9,15,19,25H,4,7,10-14,16H2/t19-/m0/s1. The number of carbonyl (C=O) groups is 2. The molecule has 2 aromatic rings. The molecule has 2 aromatic carbocycles. The van der Waals surface area contributed by atoms with Crippen molar-refractivity contribution in [1.29, 1.82) is 0 Å². The molecule has 8 nitrogen and oxygen atoms in total. The van der Waals surface area contributed by atoms with Crippen LogP contribution in [0.15, 0.2) is 53.4 Å². The molecule has 176 valence electrons. The second-order valence-electron chi connectivity index (χ2n) is 8.08. The van der Waals surface area contributed by atoms with E-state index < -0.39 is 10.0 Å². The number of piperazine rings is 1. The number of nitrogens with zero attached hydrogens (tertiary/aromatic N) is 2. The Morgan fingerprint density at radius 3 is 2.21 bits per heavy atom. The maximum atomic E-state index is 13.0. The molecule has 0 aromatic heterocycles. The Morgan fingerprint density at radius 2 is 1.61 bits per heavy atom. The molecule has 2 aliphatic heterocycles. The summed E-state index contributed by atoms with van der Waals surface area (Å²) in [5.41, 5.74) is 0.847. The molecule has 2 fully saturated rings. The Balaban J connectivity index is 1.41. The predicted octanol–water partition coefficient (Wildman–Crippen LogP) is 2.40. The van der Waals surface area contributed by atoms with Crippen LogP contribution in [-0.2, 0) is 14.8 Å². The average Bonchev–Trinajstić information content (AvgIpc) is 3.37. The molecular formula is C23H26ClN3O5S. The van der Waals surface area contributed by atoms with E-state index in [1.54, 1.807) is 21.9 Å². The molecule has 2 amide bonds. The summed E-state index contributed by atoms with van der Waals surface area (Å²) in [4.78, 5) is 28.9. The van der Waals surface area contributed by atoms with Crippen LogP contribution in [0.25, 0.3) is 0 Å². The first-order valence-electron chi connectivity index (χ1n) is 10.9. The van der Waals surface area contributed by atoms with E-state index >= 15 is 0 Å². The molecule has 0 radical (unpaired) electrons. The zero-order chi connectivity index (χ0) is 23.4. The summed E-state index contributed by atoms with van der Waals surface area (Å²) in [5.74, 6) is -0.367. The maximum Gasteiger partial charge on any atom is 0.254 e. The fraction of sp³-hybridized carbons (Fsp3) is 0.391. The summed E-state index contributed by atoms with van der Waals surface area (Å²) >= 11 is 6.16. The van der Waals surface area contributed by atoms with Gasteiger partial charge < -0.3 is 14.5 Å². The van der Waals surface area contributed by atoms with Gasteiger partial charge in [0.2, 0.25) is 10.0 Å². The largest absolute Gasteiger partial charge is 0.377 e. The van der Waals surface area contributed by atoms with Crippen molar-refractivity contribution in [1.82, 2.24) is 14.5 Å². The summed E-state index contributed by atoms with van der Waals surface area (Å²) in [6.07, 6.45) is 1.55. The van der Waals surface area contributed by atoms with Gasteiger partial charge in [0.15, 0.2) is 0 Å². The molecule has 1 N–H and O–H groups in total. The summed E-state index contributed by atoms with van der Waals surface area (Å²) in [6, 6.07) is 13.3. The summed E-state index contributed by atoms with van der Waals surface area (Å²) in [6.45, 7) is 2.32. The lowest BCUT2D eigenvalue weighted by molar-refractivity contribution is 0.0535. The molecule has 2 heterocycles. The Morgan fingerprint density at radius 1 is 0.970 bits per heavy atom. The zero-order valence-corrected chi connectivity index (χ0v) is 19.6. The first-order valence-corrected chi connectivity index (χ1v) is 12.8. The van der Waals surface area contributed by atoms with E-state index in [9.17, 15) is 18.0 Å². The summed E-state index contributed by atoms with van der Waals surface area (Å²) in [7, 11) is -3.90. The number of halogens is 1. The van der Waals surface area contributed by atoms with E-state index in [0.29, 0.717) is 38.3 Å². The molecule has 4 rings (SSSR count). The lowest BCUT2D eigenvalue weighted by Gasteiger charge is -2.35. The highest BCUT2D eigenvalue weighted by atomic mass is 35.5. The molecule has 0 aliphatic carbocycles. The van der Waals surface area contributed by atoms with Crippen LogP contribution in [0.5, 0.6) is 0 Å². The number of sulfonamides is 1. The SMILES string of the molecule is O=C(c1ccccc1)N1CCN(C(=O)c2ccc(Cl)c(S(=O)(=O)NC[C@@H]3CCCO3)c2)CC1. The molecule has 0 unspecified atom stereocenters. The molecule has 2 aliphatic rings. The first-order chi connectivity index (χ1) is 15.8. The quantitative estimate of drug-likeness (QED) is 0.669. The third-order valence-corrected chi connectivity index (χ3v) is 7.77. The Kier molecular flexibility index (Phi) is 7.33. The highest BCUT2D eigenvalue weighted by Gasteiger charge is 2.28. The number of amides is 2. The van der Waals surface area contributed by atoms with Gasteiger partial charge in [0.25, 0.3) is 11.8 Å². The minimum absolute atomic E-state index is 0.0460. The van der Waals surface area contributed by atoms with Crippen LogP contribution >= 0.6 is 11.6 Å². The summed E-state index contributed by atoms with van der Waals surface area (Å²) < 4.78 is 33.6. The van der Waals surface area contributed by atoms with E-state index in [4.69, 9.17) is 16.3 Å². The fourth-order valence-electron chi connectivity index (χ4n) is 3.99. The molecular weight excluding hydrogens is 466 g/mol. The normalized spacial score (nSPS) is 19.0. The lowest BCUT2D eigenvalue weighted by Crippen LogP contribution is -2.50. The van der Waals surface area contributed by atoms with Gasteiger partial charge in [-0.05, 0) is 43.2 Å². The number of hydrogen-bond acceptors (Lipinski definition) is 5. The second-order valence-corrected chi connectivity index (χ2v) is 10.2. The van der Waals surface area contributed by atoms with E-state index in [2.05, 4.69) is 4.72 Å².